The fraction of sp³-hybridized carbons (Fsp3) is 1.00. The van der Waals surface area contributed by atoms with Crippen molar-refractivity contribution in [1.29, 1.82) is 0 Å². The standard InChI is InChI=1S/C8H18N2O/c1-10(11-2)8-4-3-6-9-7-5-8/h8-9H,3-7H2,1-2H3. The molecule has 1 aliphatic heterocycles. The molecule has 11 heavy (non-hydrogen) atoms. The first-order chi connectivity index (χ1) is 5.34. The maximum atomic E-state index is 5.15. The summed E-state index contributed by atoms with van der Waals surface area (Å²) in [7, 11) is 3.74. The molecule has 3 nitrogen and oxygen atoms in total. The van der Waals surface area contributed by atoms with Gasteiger partial charge < -0.3 is 10.2 Å². The Morgan fingerprint density at radius 3 is 2.91 bits per heavy atom. The number of nitrogens with one attached hydrogen (secondary N) is 1. The maximum absolute atomic E-state index is 5.15. The van der Waals surface area contributed by atoms with Crippen molar-refractivity contribution in [3.63, 3.8) is 0 Å². The highest BCUT2D eigenvalue weighted by Crippen LogP contribution is 2.10. The van der Waals surface area contributed by atoms with E-state index in [2.05, 4.69) is 5.32 Å². The van der Waals surface area contributed by atoms with Crippen molar-refractivity contribution in [1.82, 2.24) is 10.4 Å². The Hall–Kier alpha value is -0.120. The van der Waals surface area contributed by atoms with Crippen LogP contribution in [-0.2, 0) is 4.84 Å². The Labute approximate surface area is 68.7 Å². The molecular weight excluding hydrogens is 140 g/mol. The third-order valence-corrected chi connectivity index (χ3v) is 2.35. The van der Waals surface area contributed by atoms with Crippen LogP contribution >= 0.6 is 0 Å². The quantitative estimate of drug-likeness (QED) is 0.596. The molecule has 0 aliphatic carbocycles. The number of hydroxylamine groups is 2. The molecule has 0 aromatic heterocycles. The highest BCUT2D eigenvalue weighted by molar-refractivity contribution is 4.69. The second kappa shape index (κ2) is 4.70. The lowest BCUT2D eigenvalue weighted by atomic mass is 10.1. The van der Waals surface area contributed by atoms with Crippen molar-refractivity contribution in [2.45, 2.75) is 25.3 Å². The van der Waals surface area contributed by atoms with Crippen molar-refractivity contribution in [3.05, 3.63) is 0 Å². The van der Waals surface area contributed by atoms with E-state index in [1.54, 1.807) is 7.11 Å². The monoisotopic (exact) mass is 158 g/mol. The number of hydrogen-bond donors (Lipinski definition) is 1. The van der Waals surface area contributed by atoms with Gasteiger partial charge in [-0.3, -0.25) is 0 Å². The smallest absolute Gasteiger partial charge is 0.0575 e. The van der Waals surface area contributed by atoms with E-state index in [4.69, 9.17) is 4.84 Å². The fourth-order valence-electron chi connectivity index (χ4n) is 1.51. The van der Waals surface area contributed by atoms with Gasteiger partial charge in [0.2, 0.25) is 0 Å². The molecule has 0 saturated carbocycles. The molecule has 1 saturated heterocycles. The van der Waals surface area contributed by atoms with Crippen molar-refractivity contribution >= 4 is 0 Å². The molecule has 0 radical (unpaired) electrons. The SMILES string of the molecule is CON(C)C1CCCNCC1. The minimum Gasteiger partial charge on any atom is -0.317 e. The summed E-state index contributed by atoms with van der Waals surface area (Å²) in [4.78, 5) is 5.15. The van der Waals surface area contributed by atoms with Crippen LogP contribution in [0.3, 0.4) is 0 Å². The average molecular weight is 158 g/mol. The Morgan fingerprint density at radius 1 is 1.36 bits per heavy atom. The van der Waals surface area contributed by atoms with Gasteiger partial charge in [0, 0.05) is 13.1 Å². The Morgan fingerprint density at radius 2 is 2.18 bits per heavy atom. The van der Waals surface area contributed by atoms with E-state index in [1.807, 2.05) is 12.1 Å². The highest BCUT2D eigenvalue weighted by Gasteiger charge is 2.15. The molecule has 66 valence electrons. The largest absolute Gasteiger partial charge is 0.317 e. The van der Waals surface area contributed by atoms with Gasteiger partial charge in [0.05, 0.1) is 7.11 Å². The zero-order chi connectivity index (χ0) is 8.10. The molecular formula is C8H18N2O. The first-order valence-electron chi connectivity index (χ1n) is 4.32. The van der Waals surface area contributed by atoms with Gasteiger partial charge in [0.15, 0.2) is 0 Å². The number of rotatable bonds is 2. The third-order valence-electron chi connectivity index (χ3n) is 2.35. The van der Waals surface area contributed by atoms with E-state index in [9.17, 15) is 0 Å². The van der Waals surface area contributed by atoms with Crippen LogP contribution in [0.5, 0.6) is 0 Å². The molecule has 1 fully saturated rings. The lowest BCUT2D eigenvalue weighted by Crippen LogP contribution is -2.31. The van der Waals surface area contributed by atoms with Crippen LogP contribution in [0, 0.1) is 0 Å². The molecule has 1 heterocycles. The number of nitrogens with zero attached hydrogens (tertiary/aromatic N) is 1. The zero-order valence-corrected chi connectivity index (χ0v) is 7.47. The molecule has 0 aromatic carbocycles. The van der Waals surface area contributed by atoms with E-state index < -0.39 is 0 Å². The van der Waals surface area contributed by atoms with Crippen LogP contribution in [0.2, 0.25) is 0 Å². The van der Waals surface area contributed by atoms with Gasteiger partial charge in [-0.25, -0.2) is 0 Å². The minimum atomic E-state index is 0.606. The molecule has 1 N–H and O–H groups in total. The van der Waals surface area contributed by atoms with Gasteiger partial charge in [0.1, 0.15) is 0 Å². The Balaban J connectivity index is 2.30. The molecule has 1 rings (SSSR count). The molecule has 1 aliphatic rings. The Bertz CT molecular complexity index is 100. The average Bonchev–Trinajstić information content (AvgIpc) is 2.30. The molecule has 0 amide bonds. The van der Waals surface area contributed by atoms with E-state index in [0.717, 1.165) is 13.1 Å². The maximum Gasteiger partial charge on any atom is 0.0575 e. The Kier molecular flexibility index (Phi) is 3.83. The summed E-state index contributed by atoms with van der Waals surface area (Å²) in [5, 5.41) is 5.34. The van der Waals surface area contributed by atoms with Gasteiger partial charge in [-0.15, -0.1) is 0 Å². The summed E-state index contributed by atoms with van der Waals surface area (Å²) >= 11 is 0. The summed E-state index contributed by atoms with van der Waals surface area (Å²) in [6.07, 6.45) is 3.71. The second-order valence-electron chi connectivity index (χ2n) is 3.06. The third kappa shape index (κ3) is 2.77. The summed E-state index contributed by atoms with van der Waals surface area (Å²) in [5.41, 5.74) is 0. The van der Waals surface area contributed by atoms with Crippen molar-refractivity contribution in [3.8, 4) is 0 Å². The predicted molar refractivity (Wildman–Crippen MR) is 45.3 cm³/mol. The first-order valence-corrected chi connectivity index (χ1v) is 4.32. The summed E-state index contributed by atoms with van der Waals surface area (Å²) in [6.45, 7) is 2.28. The van der Waals surface area contributed by atoms with Gasteiger partial charge in [-0.05, 0) is 32.4 Å². The summed E-state index contributed by atoms with van der Waals surface area (Å²) < 4.78 is 0. The molecule has 0 spiro atoms. The lowest BCUT2D eigenvalue weighted by molar-refractivity contribution is -0.142. The molecule has 0 aromatic rings. The normalized spacial score (nSPS) is 27.0. The summed E-state index contributed by atoms with van der Waals surface area (Å²) in [6, 6.07) is 0.606. The number of hydrogen-bond acceptors (Lipinski definition) is 3. The van der Waals surface area contributed by atoms with Crippen LogP contribution in [-0.4, -0.2) is 38.4 Å². The van der Waals surface area contributed by atoms with E-state index in [0.29, 0.717) is 6.04 Å². The van der Waals surface area contributed by atoms with Gasteiger partial charge in [0.25, 0.3) is 0 Å². The van der Waals surface area contributed by atoms with Gasteiger partial charge in [-0.2, -0.15) is 5.06 Å². The fourth-order valence-corrected chi connectivity index (χ4v) is 1.51. The molecule has 0 bridgehead atoms. The second-order valence-corrected chi connectivity index (χ2v) is 3.06. The molecule has 3 heteroatoms. The molecule has 1 unspecified atom stereocenters. The van der Waals surface area contributed by atoms with Crippen molar-refractivity contribution in [2.24, 2.45) is 0 Å². The van der Waals surface area contributed by atoms with E-state index in [-0.39, 0.29) is 0 Å². The van der Waals surface area contributed by atoms with Crippen LogP contribution in [0.25, 0.3) is 0 Å². The molecule has 1 atom stereocenters. The van der Waals surface area contributed by atoms with Gasteiger partial charge >= 0.3 is 0 Å². The summed E-state index contributed by atoms with van der Waals surface area (Å²) in [5.74, 6) is 0. The van der Waals surface area contributed by atoms with E-state index in [1.165, 1.54) is 19.3 Å². The van der Waals surface area contributed by atoms with E-state index >= 15 is 0 Å². The highest BCUT2D eigenvalue weighted by atomic mass is 16.7. The van der Waals surface area contributed by atoms with Crippen molar-refractivity contribution in [2.75, 3.05) is 27.2 Å². The van der Waals surface area contributed by atoms with Crippen LogP contribution in [0.1, 0.15) is 19.3 Å². The van der Waals surface area contributed by atoms with Crippen LogP contribution in [0.15, 0.2) is 0 Å². The topological polar surface area (TPSA) is 24.5 Å². The van der Waals surface area contributed by atoms with Crippen LogP contribution in [0.4, 0.5) is 0 Å². The first kappa shape index (κ1) is 8.97. The van der Waals surface area contributed by atoms with Gasteiger partial charge in [-0.1, -0.05) is 0 Å². The minimum absolute atomic E-state index is 0.606. The van der Waals surface area contributed by atoms with Crippen molar-refractivity contribution < 1.29 is 4.84 Å². The predicted octanol–water partition coefficient (Wildman–Crippen LogP) is 0.622. The van der Waals surface area contributed by atoms with Crippen LogP contribution < -0.4 is 5.32 Å². The zero-order valence-electron chi connectivity index (χ0n) is 7.47. The lowest BCUT2D eigenvalue weighted by Gasteiger charge is -2.23.